The molecule has 0 fully saturated rings. The summed E-state index contributed by atoms with van der Waals surface area (Å²) in [6.45, 7) is 0. The largest absolute Gasteiger partial charge is 0.323 e. The Morgan fingerprint density at radius 2 is 1.50 bits per heavy atom. The summed E-state index contributed by atoms with van der Waals surface area (Å²) in [4.78, 5) is 12.0. The second kappa shape index (κ2) is 8.53. The van der Waals surface area contributed by atoms with Crippen LogP contribution >= 0.6 is 0 Å². The van der Waals surface area contributed by atoms with Crippen LogP contribution in [0.2, 0.25) is 0 Å². The summed E-state index contributed by atoms with van der Waals surface area (Å²) >= 11 is 0. The number of rotatable bonds is 6. The first-order valence-corrected chi connectivity index (χ1v) is 10.0. The highest BCUT2D eigenvalue weighted by Gasteiger charge is 2.12. The van der Waals surface area contributed by atoms with Crippen molar-refractivity contribution in [2.24, 2.45) is 0 Å². The maximum Gasteiger partial charge on any atom is 0.323 e. The van der Waals surface area contributed by atoms with Crippen molar-refractivity contribution >= 4 is 33.1 Å². The Bertz CT molecular complexity index is 1070. The maximum atomic E-state index is 13.6. The molecule has 2 amide bonds. The number of anilines is 3. The molecule has 144 valence electrons. The summed E-state index contributed by atoms with van der Waals surface area (Å²) < 4.78 is 40.7. The lowest BCUT2D eigenvalue weighted by Crippen LogP contribution is -2.20. The number of carbonyl (C=O) groups excluding carboxylic acids is 1. The van der Waals surface area contributed by atoms with Gasteiger partial charge >= 0.3 is 6.03 Å². The molecule has 0 spiro atoms. The number of para-hydroxylation sites is 1. The number of nitrogens with one attached hydrogen (secondary N) is 3. The van der Waals surface area contributed by atoms with Crippen molar-refractivity contribution in [3.63, 3.8) is 0 Å². The van der Waals surface area contributed by atoms with E-state index in [0.29, 0.717) is 16.9 Å². The van der Waals surface area contributed by atoms with Gasteiger partial charge in [-0.05, 0) is 35.9 Å². The van der Waals surface area contributed by atoms with Crippen molar-refractivity contribution < 1.29 is 17.6 Å². The minimum Gasteiger partial charge on any atom is -0.308 e. The van der Waals surface area contributed by atoms with Gasteiger partial charge in [0.15, 0.2) is 0 Å². The van der Waals surface area contributed by atoms with Gasteiger partial charge in [0.05, 0.1) is 17.1 Å². The molecule has 3 aromatic carbocycles. The van der Waals surface area contributed by atoms with E-state index in [1.165, 1.54) is 24.3 Å². The quantitative estimate of drug-likeness (QED) is 0.574. The Morgan fingerprint density at radius 3 is 2.25 bits per heavy atom. The van der Waals surface area contributed by atoms with Crippen LogP contribution < -0.4 is 15.4 Å². The summed E-state index contributed by atoms with van der Waals surface area (Å²) in [7, 11) is -3.61. The third-order valence-corrected chi connectivity index (χ3v) is 4.98. The molecule has 0 aliphatic heterocycles. The van der Waals surface area contributed by atoms with E-state index in [2.05, 4.69) is 15.4 Å². The number of halogens is 1. The zero-order valence-corrected chi connectivity index (χ0v) is 15.5. The molecule has 0 atom stereocenters. The molecule has 0 saturated heterocycles. The first-order chi connectivity index (χ1) is 13.4. The van der Waals surface area contributed by atoms with Crippen LogP contribution in [0.25, 0.3) is 0 Å². The minimum absolute atomic E-state index is 0.0414. The fourth-order valence-corrected chi connectivity index (χ4v) is 3.71. The van der Waals surface area contributed by atoms with Crippen LogP contribution in [-0.4, -0.2) is 14.4 Å². The highest BCUT2D eigenvalue weighted by Crippen LogP contribution is 2.19. The lowest BCUT2D eigenvalue weighted by atomic mass is 10.2. The molecule has 0 bridgehead atoms. The summed E-state index contributed by atoms with van der Waals surface area (Å²) in [5.41, 5.74) is 1.36. The number of hydrogen-bond acceptors (Lipinski definition) is 3. The lowest BCUT2D eigenvalue weighted by Gasteiger charge is -2.11. The maximum absolute atomic E-state index is 13.6. The molecule has 0 aromatic heterocycles. The van der Waals surface area contributed by atoms with Gasteiger partial charge in [-0.15, -0.1) is 0 Å². The number of urea groups is 1. The van der Waals surface area contributed by atoms with Crippen molar-refractivity contribution in [2.45, 2.75) is 5.75 Å². The third kappa shape index (κ3) is 5.55. The van der Waals surface area contributed by atoms with E-state index in [9.17, 15) is 17.6 Å². The molecule has 0 radical (unpaired) electrons. The molecular formula is C20H18FN3O3S. The Morgan fingerprint density at radius 1 is 0.821 bits per heavy atom. The van der Waals surface area contributed by atoms with Gasteiger partial charge in [-0.25, -0.2) is 17.6 Å². The fourth-order valence-electron chi connectivity index (χ4n) is 2.52. The number of benzene rings is 3. The molecule has 6 nitrogen and oxygen atoms in total. The second-order valence-electron chi connectivity index (χ2n) is 5.99. The second-order valence-corrected chi connectivity index (χ2v) is 7.71. The van der Waals surface area contributed by atoms with Crippen LogP contribution in [0.4, 0.5) is 26.2 Å². The molecule has 8 heteroatoms. The SMILES string of the molecule is O=C(Nc1cccc(NS(=O)(=O)Cc2ccccc2)c1)Nc1ccccc1F. The molecule has 0 unspecified atom stereocenters. The molecule has 0 aliphatic rings. The van der Waals surface area contributed by atoms with Crippen LogP contribution in [0, 0.1) is 5.82 Å². The number of carbonyl (C=O) groups is 1. The molecule has 3 N–H and O–H groups in total. The van der Waals surface area contributed by atoms with Crippen molar-refractivity contribution in [3.8, 4) is 0 Å². The Kier molecular flexibility index (Phi) is 5.90. The molecule has 0 aliphatic carbocycles. The van der Waals surface area contributed by atoms with Gasteiger partial charge in [0, 0.05) is 5.69 Å². The molecule has 0 heterocycles. The Labute approximate surface area is 162 Å². The van der Waals surface area contributed by atoms with Crippen LogP contribution in [0.1, 0.15) is 5.56 Å². The molecule has 28 heavy (non-hydrogen) atoms. The van der Waals surface area contributed by atoms with Crippen LogP contribution in [0.3, 0.4) is 0 Å². The van der Waals surface area contributed by atoms with E-state index in [0.717, 1.165) is 0 Å². The number of sulfonamides is 1. The Balaban J connectivity index is 1.65. The standard InChI is InChI=1S/C20H18FN3O3S/c21-18-11-4-5-12-19(18)23-20(25)22-16-9-6-10-17(13-16)24-28(26,27)14-15-7-2-1-3-8-15/h1-13,24H,14H2,(H2,22,23,25). The van der Waals surface area contributed by atoms with Gasteiger partial charge < -0.3 is 10.6 Å². The summed E-state index contributed by atoms with van der Waals surface area (Å²) in [6.07, 6.45) is 0. The van der Waals surface area contributed by atoms with E-state index in [-0.39, 0.29) is 11.4 Å². The Hall–Kier alpha value is -3.39. The molecular weight excluding hydrogens is 381 g/mol. The number of hydrogen-bond donors (Lipinski definition) is 3. The number of amides is 2. The topological polar surface area (TPSA) is 87.3 Å². The first-order valence-electron chi connectivity index (χ1n) is 8.38. The van der Waals surface area contributed by atoms with E-state index >= 15 is 0 Å². The van der Waals surface area contributed by atoms with E-state index in [1.807, 2.05) is 6.07 Å². The molecule has 3 rings (SSSR count). The summed E-state index contributed by atoms with van der Waals surface area (Å²) in [6, 6.07) is 20.2. The monoisotopic (exact) mass is 399 g/mol. The van der Waals surface area contributed by atoms with E-state index in [1.54, 1.807) is 48.5 Å². The first kappa shape index (κ1) is 19.4. The average molecular weight is 399 g/mol. The average Bonchev–Trinajstić information content (AvgIpc) is 2.64. The van der Waals surface area contributed by atoms with E-state index in [4.69, 9.17) is 0 Å². The third-order valence-electron chi connectivity index (χ3n) is 3.72. The van der Waals surface area contributed by atoms with Gasteiger partial charge in [-0.3, -0.25) is 4.72 Å². The fraction of sp³-hybridized carbons (Fsp3) is 0.0500. The lowest BCUT2D eigenvalue weighted by molar-refractivity contribution is 0.262. The highest BCUT2D eigenvalue weighted by atomic mass is 32.2. The summed E-state index contributed by atoms with van der Waals surface area (Å²) in [5.74, 6) is -0.723. The molecule has 0 saturated carbocycles. The smallest absolute Gasteiger partial charge is 0.308 e. The van der Waals surface area contributed by atoms with Crippen molar-refractivity contribution in [1.82, 2.24) is 0 Å². The van der Waals surface area contributed by atoms with Crippen LogP contribution in [0.15, 0.2) is 78.9 Å². The van der Waals surface area contributed by atoms with Crippen LogP contribution in [-0.2, 0) is 15.8 Å². The normalized spacial score (nSPS) is 10.9. The zero-order chi connectivity index (χ0) is 20.0. The van der Waals surface area contributed by atoms with Gasteiger partial charge in [0.1, 0.15) is 5.82 Å². The predicted octanol–water partition coefficient (Wildman–Crippen LogP) is 4.41. The van der Waals surface area contributed by atoms with Gasteiger partial charge in [0.2, 0.25) is 10.0 Å². The van der Waals surface area contributed by atoms with E-state index < -0.39 is 21.9 Å². The van der Waals surface area contributed by atoms with Crippen molar-refractivity contribution in [2.75, 3.05) is 15.4 Å². The van der Waals surface area contributed by atoms with Gasteiger partial charge in [-0.1, -0.05) is 48.5 Å². The highest BCUT2D eigenvalue weighted by molar-refractivity contribution is 7.91. The van der Waals surface area contributed by atoms with Crippen molar-refractivity contribution in [1.29, 1.82) is 0 Å². The van der Waals surface area contributed by atoms with Crippen molar-refractivity contribution in [3.05, 3.63) is 90.2 Å². The zero-order valence-electron chi connectivity index (χ0n) is 14.7. The predicted molar refractivity (Wildman–Crippen MR) is 108 cm³/mol. The minimum atomic E-state index is -3.61. The summed E-state index contributed by atoms with van der Waals surface area (Å²) in [5, 5.41) is 4.94. The van der Waals surface area contributed by atoms with Gasteiger partial charge in [0.25, 0.3) is 0 Å². The molecule has 3 aromatic rings. The van der Waals surface area contributed by atoms with Crippen LogP contribution in [0.5, 0.6) is 0 Å². The van der Waals surface area contributed by atoms with Gasteiger partial charge in [-0.2, -0.15) is 0 Å².